The van der Waals surface area contributed by atoms with Crippen LogP contribution in [-0.4, -0.2) is 41.6 Å². The minimum Gasteiger partial charge on any atom is -0.481 e. The molecule has 37 heavy (non-hydrogen) atoms. The number of hydrogen-bond donors (Lipinski definition) is 1. The summed E-state index contributed by atoms with van der Waals surface area (Å²) in [6, 6.07) is 0. The second-order valence-corrected chi connectivity index (χ2v) is 14.5. The first-order valence-electron chi connectivity index (χ1n) is 15.3. The largest absolute Gasteiger partial charge is 0.481 e. The molecule has 4 saturated carbocycles. The molecule has 0 aromatic rings. The fourth-order valence-corrected chi connectivity index (χ4v) is 10.8. The monoisotopic (exact) mass is 516 g/mol. The third kappa shape index (κ3) is 4.10. The van der Waals surface area contributed by atoms with E-state index in [0.29, 0.717) is 40.6 Å². The van der Waals surface area contributed by atoms with Crippen LogP contribution in [-0.2, 0) is 23.8 Å². The van der Waals surface area contributed by atoms with Crippen LogP contribution >= 0.6 is 0 Å². The van der Waals surface area contributed by atoms with Gasteiger partial charge in [-0.1, -0.05) is 27.7 Å². The molecule has 5 unspecified atom stereocenters. The summed E-state index contributed by atoms with van der Waals surface area (Å²) in [5.41, 5.74) is 0.670. The van der Waals surface area contributed by atoms with Crippen LogP contribution in [0.25, 0.3) is 0 Å². The molecule has 12 atom stereocenters. The maximum atomic E-state index is 12.2. The van der Waals surface area contributed by atoms with E-state index in [9.17, 15) is 9.59 Å². The Balaban J connectivity index is 1.13. The molecule has 6 rings (SSSR count). The van der Waals surface area contributed by atoms with Gasteiger partial charge < -0.3 is 19.3 Å². The van der Waals surface area contributed by atoms with E-state index in [4.69, 9.17) is 19.3 Å². The summed E-state index contributed by atoms with van der Waals surface area (Å²) in [5.74, 6) is 2.96. The highest BCUT2D eigenvalue weighted by Crippen LogP contribution is 2.71. The fraction of sp³-hybridized carbons (Fsp3) is 0.935. The molecular formula is C31H48O6. The van der Waals surface area contributed by atoms with Crippen molar-refractivity contribution in [3.63, 3.8) is 0 Å². The first-order chi connectivity index (χ1) is 17.6. The normalized spacial score (nSPS) is 52.6. The zero-order valence-electron chi connectivity index (χ0n) is 23.4. The van der Waals surface area contributed by atoms with Crippen molar-refractivity contribution in [2.45, 2.75) is 123 Å². The van der Waals surface area contributed by atoms with Crippen LogP contribution in [0.3, 0.4) is 0 Å². The van der Waals surface area contributed by atoms with Crippen LogP contribution in [0, 0.1) is 52.3 Å². The third-order valence-electron chi connectivity index (χ3n) is 12.7. The van der Waals surface area contributed by atoms with Crippen molar-refractivity contribution >= 4 is 11.9 Å². The number of carbonyl (C=O) groups excluding carboxylic acids is 1. The van der Waals surface area contributed by atoms with Gasteiger partial charge in [0.2, 0.25) is 0 Å². The predicted octanol–water partition coefficient (Wildman–Crippen LogP) is 6.21. The van der Waals surface area contributed by atoms with Gasteiger partial charge in [0.15, 0.2) is 5.79 Å². The van der Waals surface area contributed by atoms with Gasteiger partial charge in [0.05, 0.1) is 25.6 Å². The molecule has 0 aromatic carbocycles. The highest BCUT2D eigenvalue weighted by atomic mass is 16.7. The van der Waals surface area contributed by atoms with Crippen molar-refractivity contribution < 1.29 is 28.9 Å². The van der Waals surface area contributed by atoms with Crippen LogP contribution in [0.2, 0.25) is 0 Å². The van der Waals surface area contributed by atoms with Gasteiger partial charge in [-0.25, -0.2) is 0 Å². The Morgan fingerprint density at radius 3 is 2.43 bits per heavy atom. The molecule has 6 nitrogen and oxygen atoms in total. The molecular weight excluding hydrogens is 468 g/mol. The van der Waals surface area contributed by atoms with Crippen molar-refractivity contribution in [1.82, 2.24) is 0 Å². The summed E-state index contributed by atoms with van der Waals surface area (Å²) in [6.45, 7) is 10.7. The Morgan fingerprint density at radius 1 is 0.919 bits per heavy atom. The van der Waals surface area contributed by atoms with Gasteiger partial charge in [-0.2, -0.15) is 0 Å². The first kappa shape index (κ1) is 26.1. The second kappa shape index (κ2) is 9.21. The Hall–Kier alpha value is -1.14. The van der Waals surface area contributed by atoms with Crippen LogP contribution in [0.1, 0.15) is 105 Å². The summed E-state index contributed by atoms with van der Waals surface area (Å²) in [7, 11) is 0. The summed E-state index contributed by atoms with van der Waals surface area (Å²) >= 11 is 0. The van der Waals surface area contributed by atoms with E-state index in [1.165, 1.54) is 38.5 Å². The summed E-state index contributed by atoms with van der Waals surface area (Å²) in [5, 5.41) is 8.87. The average molecular weight is 517 g/mol. The number of fused-ring (bicyclic) bond motifs is 7. The third-order valence-corrected chi connectivity index (χ3v) is 12.7. The van der Waals surface area contributed by atoms with E-state index in [1.807, 2.05) is 0 Å². The quantitative estimate of drug-likeness (QED) is 0.448. The highest BCUT2D eigenvalue weighted by Gasteiger charge is 2.69. The van der Waals surface area contributed by atoms with E-state index < -0.39 is 5.97 Å². The lowest BCUT2D eigenvalue weighted by Crippen LogP contribution is -2.55. The number of rotatable bonds is 4. The lowest BCUT2D eigenvalue weighted by atomic mass is 9.44. The number of carbonyl (C=O) groups is 2. The fourth-order valence-electron chi connectivity index (χ4n) is 10.8. The lowest BCUT2D eigenvalue weighted by Gasteiger charge is -2.61. The molecule has 1 spiro atoms. The Labute approximate surface area is 222 Å². The molecule has 0 aromatic heterocycles. The summed E-state index contributed by atoms with van der Waals surface area (Å²) in [4.78, 5) is 23.0. The second-order valence-electron chi connectivity index (χ2n) is 14.5. The van der Waals surface area contributed by atoms with Gasteiger partial charge >= 0.3 is 11.9 Å². The van der Waals surface area contributed by atoms with Crippen molar-refractivity contribution in [2.24, 2.45) is 52.3 Å². The van der Waals surface area contributed by atoms with Crippen molar-refractivity contribution in [3.05, 3.63) is 0 Å². The number of esters is 1. The maximum absolute atomic E-state index is 12.2. The van der Waals surface area contributed by atoms with Gasteiger partial charge in [-0.15, -0.1) is 0 Å². The molecule has 6 fully saturated rings. The minimum atomic E-state index is -0.942. The average Bonchev–Trinajstić information content (AvgIpc) is 3.30. The Kier molecular flexibility index (Phi) is 6.50. The molecule has 0 bridgehead atoms. The van der Waals surface area contributed by atoms with Gasteiger partial charge in [0.1, 0.15) is 6.10 Å². The van der Waals surface area contributed by atoms with Crippen LogP contribution < -0.4 is 0 Å². The van der Waals surface area contributed by atoms with Gasteiger partial charge in [0.25, 0.3) is 0 Å². The molecule has 2 saturated heterocycles. The van der Waals surface area contributed by atoms with Crippen molar-refractivity contribution in [3.8, 4) is 0 Å². The lowest BCUT2D eigenvalue weighted by molar-refractivity contribution is -0.273. The molecule has 4 aliphatic carbocycles. The molecule has 2 aliphatic heterocycles. The van der Waals surface area contributed by atoms with Crippen molar-refractivity contribution in [1.29, 1.82) is 0 Å². The number of carboxylic acid groups (broad SMARTS) is 1. The number of hydrogen-bond acceptors (Lipinski definition) is 5. The van der Waals surface area contributed by atoms with Gasteiger partial charge in [0, 0.05) is 12.3 Å². The number of ether oxygens (including phenoxy) is 3. The molecule has 6 aliphatic rings. The van der Waals surface area contributed by atoms with E-state index in [-0.39, 0.29) is 30.7 Å². The van der Waals surface area contributed by atoms with Gasteiger partial charge in [-0.05, 0) is 104 Å². The molecule has 6 heteroatoms. The topological polar surface area (TPSA) is 82.1 Å². The van der Waals surface area contributed by atoms with Gasteiger partial charge in [-0.3, -0.25) is 9.59 Å². The zero-order chi connectivity index (χ0) is 26.2. The molecule has 0 radical (unpaired) electrons. The molecule has 1 N–H and O–H groups in total. The first-order valence-corrected chi connectivity index (χ1v) is 15.3. The van der Waals surface area contributed by atoms with Crippen LogP contribution in [0.4, 0.5) is 0 Å². The molecule has 2 heterocycles. The van der Waals surface area contributed by atoms with Crippen molar-refractivity contribution in [2.75, 3.05) is 6.61 Å². The van der Waals surface area contributed by atoms with E-state index in [1.54, 1.807) is 0 Å². The van der Waals surface area contributed by atoms with E-state index >= 15 is 0 Å². The highest BCUT2D eigenvalue weighted by molar-refractivity contribution is 5.76. The minimum absolute atomic E-state index is 0.0209. The zero-order valence-corrected chi connectivity index (χ0v) is 23.4. The maximum Gasteiger partial charge on any atom is 0.306 e. The Bertz CT molecular complexity index is 909. The van der Waals surface area contributed by atoms with E-state index in [0.717, 1.165) is 50.0 Å². The number of aliphatic carboxylic acids is 1. The predicted molar refractivity (Wildman–Crippen MR) is 138 cm³/mol. The SMILES string of the molecule is CC1CC[C@@]2(OC1)O[C@H]1CC3C4CC[C@@H]5C[C@H](OC(=O)CCC(=O)O)CC[C@]5(C)C4CC[C@]3(C)C1[C@@H]2C. The van der Waals surface area contributed by atoms with Crippen LogP contribution in [0.15, 0.2) is 0 Å². The smallest absolute Gasteiger partial charge is 0.306 e. The molecule has 208 valence electrons. The number of carboxylic acids is 1. The molecule has 0 amide bonds. The summed E-state index contributed by atoms with van der Waals surface area (Å²) in [6.07, 6.45) is 11.7. The standard InChI is InChI=1S/C31H48O6/c1-18-9-14-31(35-17-18)19(2)28-25(37-31)16-24-22-6-5-20-15-21(36-27(34)8-7-26(32)33)10-12-29(20,3)23(22)11-13-30(24,28)4/h18-25,28H,5-17H2,1-4H3,(H,32,33)/t18?,19-,20+,21+,22?,23?,24?,25-,28?,29-,30-,31+/m0/s1. The van der Waals surface area contributed by atoms with Crippen LogP contribution in [0.5, 0.6) is 0 Å². The van der Waals surface area contributed by atoms with E-state index in [2.05, 4.69) is 27.7 Å². The summed E-state index contributed by atoms with van der Waals surface area (Å²) < 4.78 is 19.2. The Morgan fingerprint density at radius 2 is 1.70 bits per heavy atom.